The third-order valence-corrected chi connectivity index (χ3v) is 4.75. The largest absolute Gasteiger partial charge is 0.418 e. The van der Waals surface area contributed by atoms with E-state index in [1.807, 2.05) is 0 Å². The molecule has 0 aliphatic carbocycles. The van der Waals surface area contributed by atoms with Gasteiger partial charge in [-0.25, -0.2) is 4.39 Å². The zero-order chi connectivity index (χ0) is 28.4. The Hall–Kier alpha value is -4.96. The average molecular weight is 545 g/mol. The molecular formula is C21H10F7N5O5. The van der Waals surface area contributed by atoms with Crippen LogP contribution in [0.2, 0.25) is 0 Å². The minimum atomic E-state index is -5.32. The molecule has 0 atom stereocenters. The molecule has 3 rings (SSSR count). The standard InChI is InChI=1S/C21H10F7N5O5/c22-12-3-1-11(2-4-12)19(34)31(18-8-6-14(33(37)38)10-16(18)21(26,27)28)30-29-17-7-5-13(32(35)36)9-15(17)20(23,24)25/h1-10H. The zero-order valence-electron chi connectivity index (χ0n) is 18.2. The van der Waals surface area contributed by atoms with Crippen LogP contribution < -0.4 is 5.01 Å². The number of benzene rings is 3. The molecule has 0 bridgehead atoms. The number of hydrogen-bond acceptors (Lipinski definition) is 7. The summed E-state index contributed by atoms with van der Waals surface area (Å²) in [4.78, 5) is 32.6. The molecule has 0 spiro atoms. The molecule has 0 N–H and O–H groups in total. The summed E-state index contributed by atoms with van der Waals surface area (Å²) in [5.74, 6) is -2.26. The minimum Gasteiger partial charge on any atom is -0.267 e. The van der Waals surface area contributed by atoms with Crippen LogP contribution >= 0.6 is 0 Å². The third-order valence-electron chi connectivity index (χ3n) is 4.75. The molecule has 10 nitrogen and oxygen atoms in total. The van der Waals surface area contributed by atoms with E-state index in [1.54, 1.807) is 0 Å². The van der Waals surface area contributed by atoms with Gasteiger partial charge in [-0.1, -0.05) is 5.22 Å². The molecular weight excluding hydrogens is 535 g/mol. The van der Waals surface area contributed by atoms with Gasteiger partial charge >= 0.3 is 12.4 Å². The Morgan fingerprint density at radius 1 is 0.763 bits per heavy atom. The highest BCUT2D eigenvalue weighted by atomic mass is 19.4. The number of halogens is 7. The van der Waals surface area contributed by atoms with Gasteiger partial charge in [-0.05, 0) is 36.4 Å². The Morgan fingerprint density at radius 3 is 1.76 bits per heavy atom. The first-order valence-electron chi connectivity index (χ1n) is 9.82. The summed E-state index contributed by atoms with van der Waals surface area (Å²) in [6, 6.07) is 5.56. The summed E-state index contributed by atoms with van der Waals surface area (Å²) < 4.78 is 95.1. The number of carbonyl (C=O) groups is 1. The highest BCUT2D eigenvalue weighted by molar-refractivity contribution is 6.06. The van der Waals surface area contributed by atoms with Crippen molar-refractivity contribution in [3.63, 3.8) is 0 Å². The highest BCUT2D eigenvalue weighted by Gasteiger charge is 2.39. The molecule has 17 heteroatoms. The van der Waals surface area contributed by atoms with Gasteiger partial charge in [-0.15, -0.1) is 5.11 Å². The van der Waals surface area contributed by atoms with E-state index in [0.717, 1.165) is 24.3 Å². The highest BCUT2D eigenvalue weighted by Crippen LogP contribution is 2.41. The lowest BCUT2D eigenvalue weighted by molar-refractivity contribution is -0.385. The van der Waals surface area contributed by atoms with Gasteiger partial charge in [-0.2, -0.15) is 31.4 Å². The van der Waals surface area contributed by atoms with E-state index in [0.29, 0.717) is 24.3 Å². The van der Waals surface area contributed by atoms with Crippen LogP contribution in [0.4, 0.5) is 53.5 Å². The van der Waals surface area contributed by atoms with Crippen molar-refractivity contribution < 1.29 is 45.4 Å². The van der Waals surface area contributed by atoms with Crippen LogP contribution in [0.1, 0.15) is 21.5 Å². The first-order chi connectivity index (χ1) is 17.6. The maximum Gasteiger partial charge on any atom is 0.418 e. The molecule has 0 unspecified atom stereocenters. The van der Waals surface area contributed by atoms with Crippen molar-refractivity contribution in [2.45, 2.75) is 12.4 Å². The van der Waals surface area contributed by atoms with Crippen LogP contribution in [0, 0.1) is 26.0 Å². The summed E-state index contributed by atoms with van der Waals surface area (Å²) in [5, 5.41) is 28.2. The normalized spacial score (nSPS) is 12.0. The lowest BCUT2D eigenvalue weighted by atomic mass is 10.1. The molecule has 0 fully saturated rings. The van der Waals surface area contributed by atoms with Gasteiger partial charge in [0.05, 0.1) is 26.7 Å². The maximum atomic E-state index is 13.8. The molecule has 38 heavy (non-hydrogen) atoms. The van der Waals surface area contributed by atoms with Crippen molar-refractivity contribution in [3.8, 4) is 0 Å². The first kappa shape index (κ1) is 27.6. The Labute approximate surface area is 205 Å². The van der Waals surface area contributed by atoms with Gasteiger partial charge in [0.1, 0.15) is 11.5 Å². The van der Waals surface area contributed by atoms with E-state index in [4.69, 9.17) is 0 Å². The number of nitro benzene ring substituents is 2. The molecule has 3 aromatic rings. The molecule has 0 saturated carbocycles. The smallest absolute Gasteiger partial charge is 0.267 e. The Kier molecular flexibility index (Phi) is 7.41. The number of carbonyl (C=O) groups excluding carboxylic acids is 1. The number of anilines is 1. The van der Waals surface area contributed by atoms with Gasteiger partial charge in [-0.3, -0.25) is 25.0 Å². The van der Waals surface area contributed by atoms with Crippen molar-refractivity contribution in [1.29, 1.82) is 0 Å². The van der Waals surface area contributed by atoms with Crippen molar-refractivity contribution in [2.75, 3.05) is 5.01 Å². The maximum absolute atomic E-state index is 13.8. The number of nitro groups is 2. The Balaban J connectivity index is 2.24. The van der Waals surface area contributed by atoms with Crippen LogP contribution in [-0.4, -0.2) is 15.8 Å². The van der Waals surface area contributed by atoms with Crippen LogP contribution in [0.25, 0.3) is 0 Å². The summed E-state index contributed by atoms with van der Waals surface area (Å²) in [6.07, 6.45) is -10.5. The quantitative estimate of drug-likeness (QED) is 0.142. The molecule has 3 aromatic carbocycles. The molecule has 1 amide bonds. The van der Waals surface area contributed by atoms with Crippen molar-refractivity contribution >= 4 is 28.7 Å². The van der Waals surface area contributed by atoms with Crippen LogP contribution in [0.15, 0.2) is 71.0 Å². The van der Waals surface area contributed by atoms with Crippen LogP contribution in [-0.2, 0) is 12.4 Å². The molecule has 0 aliphatic rings. The molecule has 0 radical (unpaired) electrons. The number of non-ortho nitro benzene ring substituents is 2. The minimum absolute atomic E-state index is 0.0722. The van der Waals surface area contributed by atoms with Gasteiger partial charge < -0.3 is 0 Å². The van der Waals surface area contributed by atoms with Crippen molar-refractivity contribution in [2.24, 2.45) is 10.3 Å². The van der Waals surface area contributed by atoms with Crippen LogP contribution in [0.3, 0.4) is 0 Å². The second-order valence-electron chi connectivity index (χ2n) is 7.23. The fourth-order valence-electron chi connectivity index (χ4n) is 3.01. The predicted molar refractivity (Wildman–Crippen MR) is 114 cm³/mol. The Morgan fingerprint density at radius 2 is 1.26 bits per heavy atom. The molecule has 0 heterocycles. The summed E-state index contributed by atoms with van der Waals surface area (Å²) in [6.45, 7) is 0. The zero-order valence-corrected chi connectivity index (χ0v) is 18.2. The van der Waals surface area contributed by atoms with Gasteiger partial charge in [0, 0.05) is 29.8 Å². The SMILES string of the molecule is O=C(c1ccc(F)cc1)N(N=Nc1ccc([N+](=O)[O-])cc1C(F)(F)F)c1ccc([N+](=O)[O-])cc1C(F)(F)F. The lowest BCUT2D eigenvalue weighted by Crippen LogP contribution is -2.27. The van der Waals surface area contributed by atoms with E-state index >= 15 is 0 Å². The molecule has 0 aliphatic heterocycles. The van der Waals surface area contributed by atoms with Crippen molar-refractivity contribution in [3.05, 3.63) is 103 Å². The van der Waals surface area contributed by atoms with Crippen LogP contribution in [0.5, 0.6) is 0 Å². The van der Waals surface area contributed by atoms with E-state index in [2.05, 4.69) is 10.3 Å². The monoisotopic (exact) mass is 545 g/mol. The number of nitrogens with zero attached hydrogens (tertiary/aromatic N) is 5. The first-order valence-corrected chi connectivity index (χ1v) is 9.82. The summed E-state index contributed by atoms with van der Waals surface area (Å²) in [7, 11) is 0. The second kappa shape index (κ2) is 10.2. The number of amides is 1. The van der Waals surface area contributed by atoms with Gasteiger partial charge in [0.15, 0.2) is 0 Å². The number of alkyl halides is 6. The lowest BCUT2D eigenvalue weighted by Gasteiger charge is -2.20. The van der Waals surface area contributed by atoms with Gasteiger partial charge in [0.25, 0.3) is 17.3 Å². The summed E-state index contributed by atoms with van der Waals surface area (Å²) >= 11 is 0. The fourth-order valence-corrected chi connectivity index (χ4v) is 3.01. The predicted octanol–water partition coefficient (Wildman–Crippen LogP) is 7.03. The Bertz CT molecular complexity index is 1440. The van der Waals surface area contributed by atoms with E-state index < -0.39 is 73.4 Å². The van der Waals surface area contributed by atoms with Crippen molar-refractivity contribution in [1.82, 2.24) is 0 Å². The number of rotatable bonds is 6. The van der Waals surface area contributed by atoms with Gasteiger partial charge in [0.2, 0.25) is 0 Å². The molecule has 0 saturated heterocycles. The number of hydrogen-bond donors (Lipinski definition) is 0. The van der Waals surface area contributed by atoms with E-state index in [9.17, 15) is 55.8 Å². The molecule has 0 aromatic heterocycles. The second-order valence-corrected chi connectivity index (χ2v) is 7.23. The fraction of sp³-hybridized carbons (Fsp3) is 0.0952. The average Bonchev–Trinajstić information content (AvgIpc) is 2.83. The topological polar surface area (TPSA) is 131 Å². The van der Waals surface area contributed by atoms with E-state index in [-0.39, 0.29) is 17.1 Å². The summed E-state index contributed by atoms with van der Waals surface area (Å²) in [5.41, 5.74) is -8.19. The third kappa shape index (κ3) is 6.05. The van der Waals surface area contributed by atoms with E-state index in [1.165, 1.54) is 0 Å². The molecule has 198 valence electrons.